The Bertz CT molecular complexity index is 376. The minimum atomic E-state index is -0.964. The minimum Gasteiger partial charge on any atom is -0.490 e. The predicted molar refractivity (Wildman–Crippen MR) is 61.9 cm³/mol. The monoisotopic (exact) mass is 244 g/mol. The molecule has 4 heteroatoms. The summed E-state index contributed by atoms with van der Waals surface area (Å²) in [7, 11) is 0. The highest BCUT2D eigenvalue weighted by atomic mass is 19.1. The molecule has 0 radical (unpaired) electrons. The van der Waals surface area contributed by atoms with Crippen molar-refractivity contribution >= 4 is 0 Å². The van der Waals surface area contributed by atoms with E-state index in [1.165, 1.54) is 6.92 Å². The molecule has 0 amide bonds. The summed E-state index contributed by atoms with van der Waals surface area (Å²) in [5.41, 5.74) is 0.145. The second-order valence-corrected chi connectivity index (χ2v) is 4.51. The lowest BCUT2D eigenvalue weighted by molar-refractivity contribution is 0.186. The van der Waals surface area contributed by atoms with Crippen LogP contribution in [0.15, 0.2) is 12.1 Å². The van der Waals surface area contributed by atoms with Gasteiger partial charge >= 0.3 is 0 Å². The Morgan fingerprint density at radius 1 is 1.24 bits per heavy atom. The normalized spacial score (nSPS) is 12.9. The van der Waals surface area contributed by atoms with Crippen LogP contribution in [0.2, 0.25) is 0 Å². The highest BCUT2D eigenvalue weighted by molar-refractivity contribution is 5.37. The zero-order chi connectivity index (χ0) is 13.0. The van der Waals surface area contributed by atoms with Crippen LogP contribution in [-0.4, -0.2) is 11.7 Å². The number of hydrogen-bond acceptors (Lipinski definition) is 2. The third-order valence-electron chi connectivity index (χ3n) is 2.43. The summed E-state index contributed by atoms with van der Waals surface area (Å²) in [5, 5.41) is 9.45. The van der Waals surface area contributed by atoms with E-state index in [1.54, 1.807) is 0 Å². The van der Waals surface area contributed by atoms with E-state index in [0.29, 0.717) is 12.5 Å². The number of halogens is 2. The molecule has 96 valence electrons. The topological polar surface area (TPSA) is 29.5 Å². The van der Waals surface area contributed by atoms with Crippen molar-refractivity contribution in [2.75, 3.05) is 6.61 Å². The molecule has 0 spiro atoms. The molecule has 0 aromatic heterocycles. The molecule has 1 rings (SSSR count). The van der Waals surface area contributed by atoms with Gasteiger partial charge in [-0.05, 0) is 25.3 Å². The van der Waals surface area contributed by atoms with Gasteiger partial charge in [-0.1, -0.05) is 13.8 Å². The number of rotatable bonds is 5. The van der Waals surface area contributed by atoms with E-state index < -0.39 is 17.7 Å². The van der Waals surface area contributed by atoms with Crippen molar-refractivity contribution in [3.8, 4) is 5.75 Å². The van der Waals surface area contributed by atoms with Crippen molar-refractivity contribution < 1.29 is 18.6 Å². The summed E-state index contributed by atoms with van der Waals surface area (Å²) in [6.07, 6.45) is -0.190. The van der Waals surface area contributed by atoms with Crippen molar-refractivity contribution in [3.63, 3.8) is 0 Å². The Morgan fingerprint density at radius 2 is 1.88 bits per heavy atom. The van der Waals surface area contributed by atoms with Gasteiger partial charge in [0.15, 0.2) is 11.6 Å². The minimum absolute atomic E-state index is 0.0537. The largest absolute Gasteiger partial charge is 0.490 e. The molecule has 0 aliphatic heterocycles. The van der Waals surface area contributed by atoms with Crippen LogP contribution in [0, 0.1) is 17.6 Å². The van der Waals surface area contributed by atoms with Gasteiger partial charge in [-0.2, -0.15) is 0 Å². The van der Waals surface area contributed by atoms with Crippen molar-refractivity contribution in [2.24, 2.45) is 5.92 Å². The van der Waals surface area contributed by atoms with Crippen LogP contribution < -0.4 is 4.74 Å². The van der Waals surface area contributed by atoms with E-state index in [0.717, 1.165) is 18.6 Å². The van der Waals surface area contributed by atoms with Gasteiger partial charge in [0.25, 0.3) is 0 Å². The number of aliphatic hydroxyl groups is 1. The first kappa shape index (κ1) is 13.9. The fourth-order valence-corrected chi connectivity index (χ4v) is 1.44. The molecule has 1 aromatic carbocycles. The maximum atomic E-state index is 13.5. The lowest BCUT2D eigenvalue weighted by Crippen LogP contribution is -2.07. The van der Waals surface area contributed by atoms with Gasteiger partial charge in [0.2, 0.25) is 0 Å². The first-order chi connectivity index (χ1) is 7.91. The molecule has 1 aromatic rings. The number of ether oxygens (including phenoxy) is 1. The Hall–Kier alpha value is -1.16. The maximum Gasteiger partial charge on any atom is 0.168 e. The molecule has 0 bridgehead atoms. The van der Waals surface area contributed by atoms with Crippen LogP contribution in [0.1, 0.15) is 38.9 Å². The van der Waals surface area contributed by atoms with Gasteiger partial charge in [-0.3, -0.25) is 0 Å². The Labute approximate surface area is 100 Å². The highest BCUT2D eigenvalue weighted by Crippen LogP contribution is 2.29. The van der Waals surface area contributed by atoms with Gasteiger partial charge in [-0.15, -0.1) is 0 Å². The Kier molecular flexibility index (Phi) is 4.87. The molecular weight excluding hydrogens is 226 g/mol. The van der Waals surface area contributed by atoms with Crippen LogP contribution in [0.3, 0.4) is 0 Å². The molecule has 0 aliphatic rings. The molecule has 1 atom stereocenters. The lowest BCUT2D eigenvalue weighted by Gasteiger charge is -2.15. The quantitative estimate of drug-likeness (QED) is 0.859. The van der Waals surface area contributed by atoms with E-state index >= 15 is 0 Å². The second kappa shape index (κ2) is 5.96. The highest BCUT2D eigenvalue weighted by Gasteiger charge is 2.16. The average molecular weight is 244 g/mol. The smallest absolute Gasteiger partial charge is 0.168 e. The maximum absolute atomic E-state index is 13.5. The second-order valence-electron chi connectivity index (χ2n) is 4.51. The van der Waals surface area contributed by atoms with Crippen molar-refractivity contribution in [3.05, 3.63) is 29.3 Å². The molecule has 0 heterocycles. The Balaban J connectivity index is 2.88. The summed E-state index contributed by atoms with van der Waals surface area (Å²) < 4.78 is 31.8. The van der Waals surface area contributed by atoms with Gasteiger partial charge in [0.05, 0.1) is 12.7 Å². The number of hydrogen-bond donors (Lipinski definition) is 1. The van der Waals surface area contributed by atoms with E-state index in [9.17, 15) is 13.9 Å². The molecule has 2 nitrogen and oxygen atoms in total. The molecule has 0 fully saturated rings. The van der Waals surface area contributed by atoms with Crippen molar-refractivity contribution in [2.45, 2.75) is 33.3 Å². The molecule has 0 aliphatic carbocycles. The van der Waals surface area contributed by atoms with Crippen molar-refractivity contribution in [1.82, 2.24) is 0 Å². The third kappa shape index (κ3) is 3.97. The predicted octanol–water partition coefficient (Wildman–Crippen LogP) is 3.44. The van der Waals surface area contributed by atoms with Crippen LogP contribution in [0.4, 0.5) is 8.78 Å². The van der Waals surface area contributed by atoms with E-state index in [2.05, 4.69) is 0 Å². The van der Waals surface area contributed by atoms with Gasteiger partial charge < -0.3 is 9.84 Å². The summed E-state index contributed by atoms with van der Waals surface area (Å²) in [6.45, 7) is 5.85. The van der Waals surface area contributed by atoms with Crippen LogP contribution in [0.25, 0.3) is 0 Å². The molecular formula is C13H18F2O2. The summed E-state index contributed by atoms with van der Waals surface area (Å²) in [4.78, 5) is 0. The lowest BCUT2D eigenvalue weighted by atomic mass is 10.1. The molecule has 0 unspecified atom stereocenters. The zero-order valence-corrected chi connectivity index (χ0v) is 10.3. The standard InChI is InChI=1S/C13H18F2O2/c1-8(2)4-5-17-13-11(9(3)16)6-10(14)7-12(13)15/h6-9,16H,4-5H2,1-3H3/t9-/m1/s1. The van der Waals surface area contributed by atoms with Crippen LogP contribution in [-0.2, 0) is 0 Å². The number of benzene rings is 1. The average Bonchev–Trinajstić information content (AvgIpc) is 2.19. The number of aliphatic hydroxyl groups excluding tert-OH is 1. The van der Waals surface area contributed by atoms with Crippen LogP contribution >= 0.6 is 0 Å². The van der Waals surface area contributed by atoms with E-state index in [4.69, 9.17) is 4.74 Å². The summed E-state index contributed by atoms with van der Waals surface area (Å²) in [5.74, 6) is -1.10. The Morgan fingerprint density at radius 3 is 2.41 bits per heavy atom. The molecule has 0 saturated carbocycles. The van der Waals surface area contributed by atoms with Gasteiger partial charge in [-0.25, -0.2) is 8.78 Å². The van der Waals surface area contributed by atoms with Crippen molar-refractivity contribution in [1.29, 1.82) is 0 Å². The molecule has 17 heavy (non-hydrogen) atoms. The summed E-state index contributed by atoms with van der Waals surface area (Å²) >= 11 is 0. The molecule has 0 saturated heterocycles. The first-order valence-electron chi connectivity index (χ1n) is 5.71. The zero-order valence-electron chi connectivity index (χ0n) is 10.3. The summed E-state index contributed by atoms with van der Waals surface area (Å²) in [6, 6.07) is 1.86. The third-order valence-corrected chi connectivity index (χ3v) is 2.43. The van der Waals surface area contributed by atoms with Gasteiger partial charge in [0, 0.05) is 11.6 Å². The fraction of sp³-hybridized carbons (Fsp3) is 0.538. The SMILES string of the molecule is CC(C)CCOc1c(F)cc(F)cc1[C@@H](C)O. The van der Waals surface area contributed by atoms with Crippen LogP contribution in [0.5, 0.6) is 5.75 Å². The first-order valence-corrected chi connectivity index (χ1v) is 5.71. The molecule has 1 N–H and O–H groups in total. The van der Waals surface area contributed by atoms with E-state index in [-0.39, 0.29) is 11.3 Å². The van der Waals surface area contributed by atoms with E-state index in [1.807, 2.05) is 13.8 Å². The fourth-order valence-electron chi connectivity index (χ4n) is 1.44. The van der Waals surface area contributed by atoms with Gasteiger partial charge in [0.1, 0.15) is 5.82 Å².